The molecule has 0 saturated carbocycles. The number of anilines is 1. The summed E-state index contributed by atoms with van der Waals surface area (Å²) >= 11 is 0. The Hall–Kier alpha value is -2.29. The molecule has 0 fully saturated rings. The van der Waals surface area contributed by atoms with Gasteiger partial charge in [-0.15, -0.1) is 0 Å². The number of nitrogen functional groups attached to an aromatic ring is 1. The van der Waals surface area contributed by atoms with Crippen LogP contribution >= 0.6 is 0 Å². The van der Waals surface area contributed by atoms with Gasteiger partial charge in [-0.2, -0.15) is 5.10 Å². The van der Waals surface area contributed by atoms with Gasteiger partial charge < -0.3 is 5.73 Å². The van der Waals surface area contributed by atoms with Crippen molar-refractivity contribution in [2.75, 3.05) is 5.73 Å². The zero-order valence-electron chi connectivity index (χ0n) is 10.3. The van der Waals surface area contributed by atoms with Crippen LogP contribution in [-0.4, -0.2) is 9.78 Å². The maximum absolute atomic E-state index is 6.01. The Bertz CT molecular complexity index is 698. The Morgan fingerprint density at radius 2 is 1.89 bits per heavy atom. The van der Waals surface area contributed by atoms with Crippen LogP contribution in [0.5, 0.6) is 0 Å². The number of hydrogen-bond acceptors (Lipinski definition) is 2. The average molecular weight is 237 g/mol. The number of fused-ring (bicyclic) bond motifs is 1. The summed E-state index contributed by atoms with van der Waals surface area (Å²) in [5, 5.41) is 6.60. The summed E-state index contributed by atoms with van der Waals surface area (Å²) in [6.45, 7) is 2.96. The van der Waals surface area contributed by atoms with Gasteiger partial charge in [0.1, 0.15) is 0 Å². The van der Waals surface area contributed by atoms with E-state index < -0.39 is 0 Å². The molecule has 0 atom stereocenters. The number of rotatable bonds is 2. The Morgan fingerprint density at radius 1 is 1.11 bits per heavy atom. The van der Waals surface area contributed by atoms with E-state index in [1.54, 1.807) is 0 Å². The third kappa shape index (κ3) is 1.64. The molecule has 0 unspecified atom stereocenters. The number of benzene rings is 2. The standard InChI is InChI=1S/C15H15N3/c1-2-18-10-11(9-17-18)12-7-8-15(16)14-6-4-3-5-13(12)14/h3-10H,2,16H2,1H3. The van der Waals surface area contributed by atoms with E-state index in [4.69, 9.17) is 5.73 Å². The quantitative estimate of drug-likeness (QED) is 0.695. The zero-order chi connectivity index (χ0) is 12.5. The van der Waals surface area contributed by atoms with E-state index in [-0.39, 0.29) is 0 Å². The van der Waals surface area contributed by atoms with Gasteiger partial charge in [0.05, 0.1) is 6.20 Å². The molecule has 0 bridgehead atoms. The monoisotopic (exact) mass is 237 g/mol. The third-order valence-corrected chi connectivity index (χ3v) is 3.23. The lowest BCUT2D eigenvalue weighted by Crippen LogP contribution is -1.92. The molecule has 1 aromatic heterocycles. The molecular formula is C15H15N3. The van der Waals surface area contributed by atoms with Gasteiger partial charge in [0.25, 0.3) is 0 Å². The van der Waals surface area contributed by atoms with E-state index >= 15 is 0 Å². The molecule has 0 aliphatic heterocycles. The van der Waals surface area contributed by atoms with Crippen molar-refractivity contribution in [3.05, 3.63) is 48.8 Å². The molecule has 3 heteroatoms. The Balaban J connectivity index is 2.26. The van der Waals surface area contributed by atoms with Crippen molar-refractivity contribution in [3.8, 4) is 11.1 Å². The maximum atomic E-state index is 6.01. The van der Waals surface area contributed by atoms with Gasteiger partial charge in [0.2, 0.25) is 0 Å². The van der Waals surface area contributed by atoms with Gasteiger partial charge in [0, 0.05) is 29.4 Å². The molecule has 90 valence electrons. The number of aryl methyl sites for hydroxylation is 1. The molecule has 3 nitrogen and oxygen atoms in total. The predicted molar refractivity (Wildman–Crippen MR) is 75.3 cm³/mol. The fourth-order valence-corrected chi connectivity index (χ4v) is 2.25. The minimum Gasteiger partial charge on any atom is -0.398 e. The molecule has 0 aliphatic rings. The van der Waals surface area contributed by atoms with Crippen LogP contribution in [0.15, 0.2) is 48.8 Å². The summed E-state index contributed by atoms with van der Waals surface area (Å²) in [4.78, 5) is 0. The summed E-state index contributed by atoms with van der Waals surface area (Å²) in [5.74, 6) is 0. The van der Waals surface area contributed by atoms with E-state index in [2.05, 4.69) is 36.4 Å². The molecule has 3 rings (SSSR count). The Labute approximate surface area is 106 Å². The molecule has 3 aromatic rings. The molecule has 0 radical (unpaired) electrons. The predicted octanol–water partition coefficient (Wildman–Crippen LogP) is 3.31. The highest BCUT2D eigenvalue weighted by Gasteiger charge is 2.07. The van der Waals surface area contributed by atoms with Crippen LogP contribution in [0.3, 0.4) is 0 Å². The van der Waals surface area contributed by atoms with Crippen molar-refractivity contribution in [2.24, 2.45) is 0 Å². The highest BCUT2D eigenvalue weighted by molar-refractivity contribution is 6.02. The molecule has 2 aromatic carbocycles. The number of nitrogens with zero attached hydrogens (tertiary/aromatic N) is 2. The van der Waals surface area contributed by atoms with E-state index in [0.29, 0.717) is 0 Å². The van der Waals surface area contributed by atoms with Gasteiger partial charge >= 0.3 is 0 Å². The lowest BCUT2D eigenvalue weighted by Gasteiger charge is -2.07. The fraction of sp³-hybridized carbons (Fsp3) is 0.133. The van der Waals surface area contributed by atoms with Crippen molar-refractivity contribution in [1.29, 1.82) is 0 Å². The Kier molecular flexibility index (Phi) is 2.52. The van der Waals surface area contributed by atoms with Crippen LogP contribution in [-0.2, 0) is 6.54 Å². The number of aromatic nitrogens is 2. The van der Waals surface area contributed by atoms with E-state index in [1.807, 2.05) is 29.1 Å². The van der Waals surface area contributed by atoms with Crippen LogP contribution in [0, 0.1) is 0 Å². The summed E-state index contributed by atoms with van der Waals surface area (Å²) in [6, 6.07) is 12.2. The van der Waals surface area contributed by atoms with Crippen molar-refractivity contribution >= 4 is 16.5 Å². The third-order valence-electron chi connectivity index (χ3n) is 3.23. The van der Waals surface area contributed by atoms with Crippen LogP contribution in [0.25, 0.3) is 21.9 Å². The SMILES string of the molecule is CCn1cc(-c2ccc(N)c3ccccc23)cn1. The van der Waals surface area contributed by atoms with Crippen LogP contribution in [0.1, 0.15) is 6.92 Å². The molecule has 0 amide bonds. The smallest absolute Gasteiger partial charge is 0.0568 e. The lowest BCUT2D eigenvalue weighted by atomic mass is 9.99. The van der Waals surface area contributed by atoms with Crippen molar-refractivity contribution in [3.63, 3.8) is 0 Å². The second kappa shape index (κ2) is 4.18. The van der Waals surface area contributed by atoms with Crippen LogP contribution < -0.4 is 5.73 Å². The van der Waals surface area contributed by atoms with Crippen LogP contribution in [0.4, 0.5) is 5.69 Å². The fourth-order valence-electron chi connectivity index (χ4n) is 2.25. The second-order valence-corrected chi connectivity index (χ2v) is 4.33. The summed E-state index contributed by atoms with van der Waals surface area (Å²) in [7, 11) is 0. The Morgan fingerprint density at radius 3 is 2.61 bits per heavy atom. The summed E-state index contributed by atoms with van der Waals surface area (Å²) < 4.78 is 1.93. The summed E-state index contributed by atoms with van der Waals surface area (Å²) in [5.41, 5.74) is 9.14. The number of nitrogens with two attached hydrogens (primary N) is 1. The van der Waals surface area contributed by atoms with E-state index in [1.165, 1.54) is 10.9 Å². The van der Waals surface area contributed by atoms with Crippen molar-refractivity contribution in [2.45, 2.75) is 13.5 Å². The highest BCUT2D eigenvalue weighted by atomic mass is 15.3. The molecular weight excluding hydrogens is 222 g/mol. The first-order valence-corrected chi connectivity index (χ1v) is 6.09. The van der Waals surface area contributed by atoms with E-state index in [9.17, 15) is 0 Å². The first-order chi connectivity index (χ1) is 8.79. The molecule has 1 heterocycles. The molecule has 0 saturated heterocycles. The molecule has 18 heavy (non-hydrogen) atoms. The minimum absolute atomic E-state index is 0.817. The van der Waals surface area contributed by atoms with Gasteiger partial charge in [-0.1, -0.05) is 30.3 Å². The van der Waals surface area contributed by atoms with Crippen molar-refractivity contribution < 1.29 is 0 Å². The second-order valence-electron chi connectivity index (χ2n) is 4.33. The largest absolute Gasteiger partial charge is 0.398 e. The van der Waals surface area contributed by atoms with Gasteiger partial charge in [0.15, 0.2) is 0 Å². The summed E-state index contributed by atoms with van der Waals surface area (Å²) in [6.07, 6.45) is 3.97. The molecule has 0 aliphatic carbocycles. The average Bonchev–Trinajstić information content (AvgIpc) is 2.88. The van der Waals surface area contributed by atoms with Crippen LogP contribution in [0.2, 0.25) is 0 Å². The zero-order valence-corrected chi connectivity index (χ0v) is 10.3. The lowest BCUT2D eigenvalue weighted by molar-refractivity contribution is 0.660. The molecule has 2 N–H and O–H groups in total. The normalized spacial score (nSPS) is 10.9. The first-order valence-electron chi connectivity index (χ1n) is 6.09. The topological polar surface area (TPSA) is 43.8 Å². The van der Waals surface area contributed by atoms with Gasteiger partial charge in [-0.25, -0.2) is 0 Å². The highest BCUT2D eigenvalue weighted by Crippen LogP contribution is 2.31. The minimum atomic E-state index is 0.817. The van der Waals surface area contributed by atoms with Crippen molar-refractivity contribution in [1.82, 2.24) is 9.78 Å². The van der Waals surface area contributed by atoms with Gasteiger partial charge in [-0.3, -0.25) is 4.68 Å². The number of hydrogen-bond donors (Lipinski definition) is 1. The molecule has 0 spiro atoms. The first kappa shape index (κ1) is 10.8. The maximum Gasteiger partial charge on any atom is 0.0568 e. The van der Waals surface area contributed by atoms with E-state index in [0.717, 1.165) is 23.2 Å². The van der Waals surface area contributed by atoms with Gasteiger partial charge in [-0.05, 0) is 23.9 Å².